The highest BCUT2D eigenvalue weighted by molar-refractivity contribution is 6.07. The van der Waals surface area contributed by atoms with E-state index in [0.717, 1.165) is 11.1 Å². The molecule has 1 N–H and O–H groups in total. The molecule has 2 atom stereocenters. The fourth-order valence-corrected chi connectivity index (χ4v) is 2.18. The number of benzene rings is 1. The number of aryl methyl sites for hydroxylation is 1. The van der Waals surface area contributed by atoms with Gasteiger partial charge in [0.15, 0.2) is 12.1 Å². The van der Waals surface area contributed by atoms with E-state index in [1.165, 1.54) is 13.0 Å². The minimum Gasteiger partial charge on any atom is -0.366 e. The van der Waals surface area contributed by atoms with Crippen molar-refractivity contribution in [2.75, 3.05) is 0 Å². The minimum absolute atomic E-state index is 0.0492. The van der Waals surface area contributed by atoms with Gasteiger partial charge in [0.2, 0.25) is 0 Å². The molecule has 0 fully saturated rings. The number of carbonyl (C=O) groups is 1. The summed E-state index contributed by atoms with van der Waals surface area (Å²) in [6.45, 7) is 5.17. The van der Waals surface area contributed by atoms with Gasteiger partial charge in [-0.3, -0.25) is 4.79 Å². The lowest BCUT2D eigenvalue weighted by Gasteiger charge is -2.31. The van der Waals surface area contributed by atoms with Crippen molar-refractivity contribution in [1.82, 2.24) is 0 Å². The van der Waals surface area contributed by atoms with Crippen LogP contribution in [0.2, 0.25) is 0 Å². The number of carbonyl (C=O) groups excluding carboxylic acids is 1. The number of aliphatic hydroxyl groups is 1. The summed E-state index contributed by atoms with van der Waals surface area (Å²) >= 11 is 0. The van der Waals surface area contributed by atoms with Gasteiger partial charge in [-0.1, -0.05) is 18.2 Å². The maximum absolute atomic E-state index is 11.8. The molecule has 1 aliphatic rings. The Hall–Kier alpha value is -1.49. The van der Waals surface area contributed by atoms with Crippen molar-refractivity contribution in [2.45, 2.75) is 32.7 Å². The average molecular weight is 248 g/mol. The molecule has 0 aliphatic heterocycles. The Morgan fingerprint density at radius 2 is 2.11 bits per heavy atom. The molecular weight excluding hydrogens is 232 g/mol. The molecule has 1 aromatic rings. The van der Waals surface area contributed by atoms with Crippen molar-refractivity contribution < 1.29 is 19.7 Å². The monoisotopic (exact) mass is 248 g/mol. The number of aliphatic hydroxyl groups excluding tert-OH is 1. The summed E-state index contributed by atoms with van der Waals surface area (Å²) in [6, 6.07) is 5.51. The molecule has 96 valence electrons. The van der Waals surface area contributed by atoms with E-state index in [0.29, 0.717) is 5.56 Å². The smallest absolute Gasteiger partial charge is 0.186 e. The molecule has 0 unspecified atom stereocenters. The molecule has 0 radical (unpaired) electrons. The van der Waals surface area contributed by atoms with E-state index in [2.05, 4.69) is 0 Å². The first-order valence-electron chi connectivity index (χ1n) is 5.80. The lowest BCUT2D eigenvalue weighted by Crippen LogP contribution is -2.31. The molecule has 0 saturated carbocycles. The van der Waals surface area contributed by atoms with E-state index in [1.807, 2.05) is 19.1 Å². The standard InChI is InChI=1S/C14H16O4/c1-9-5-4-6-11-12(16)7-8-14(3,13(9)11)18-17-10(2)15/h4-8,10,15H,1-3H3/t10-,14-/m0/s1. The molecule has 0 aromatic heterocycles. The molecule has 1 aromatic carbocycles. The highest BCUT2D eigenvalue weighted by Gasteiger charge is 2.35. The van der Waals surface area contributed by atoms with Crippen molar-refractivity contribution in [2.24, 2.45) is 0 Å². The Morgan fingerprint density at radius 3 is 2.78 bits per heavy atom. The van der Waals surface area contributed by atoms with Gasteiger partial charge < -0.3 is 5.11 Å². The van der Waals surface area contributed by atoms with Crippen LogP contribution in [-0.2, 0) is 15.4 Å². The molecule has 18 heavy (non-hydrogen) atoms. The zero-order valence-electron chi connectivity index (χ0n) is 10.6. The van der Waals surface area contributed by atoms with E-state index in [-0.39, 0.29) is 5.78 Å². The Labute approximate surface area is 106 Å². The zero-order valence-corrected chi connectivity index (χ0v) is 10.6. The average Bonchev–Trinajstić information content (AvgIpc) is 2.32. The minimum atomic E-state index is -1.03. The molecule has 0 amide bonds. The van der Waals surface area contributed by atoms with Gasteiger partial charge in [0.25, 0.3) is 0 Å². The number of fused-ring (bicyclic) bond motifs is 1. The van der Waals surface area contributed by atoms with E-state index in [4.69, 9.17) is 14.9 Å². The van der Waals surface area contributed by atoms with Gasteiger partial charge in [-0.25, -0.2) is 9.78 Å². The Morgan fingerprint density at radius 1 is 1.39 bits per heavy atom. The lowest BCUT2D eigenvalue weighted by atomic mass is 9.82. The van der Waals surface area contributed by atoms with Crippen molar-refractivity contribution >= 4 is 5.78 Å². The summed E-state index contributed by atoms with van der Waals surface area (Å²) in [5.41, 5.74) is 1.46. The molecule has 0 bridgehead atoms. The van der Waals surface area contributed by atoms with E-state index in [1.54, 1.807) is 19.1 Å². The van der Waals surface area contributed by atoms with Crippen LogP contribution in [0.15, 0.2) is 30.4 Å². The normalized spacial score (nSPS) is 23.9. The Kier molecular flexibility index (Phi) is 3.34. The highest BCUT2D eigenvalue weighted by Crippen LogP contribution is 2.36. The Balaban J connectivity index is 2.45. The third-order valence-corrected chi connectivity index (χ3v) is 2.95. The molecule has 2 rings (SSSR count). The van der Waals surface area contributed by atoms with Crippen LogP contribution in [0.5, 0.6) is 0 Å². The maximum atomic E-state index is 11.8. The first kappa shape index (κ1) is 13.0. The quantitative estimate of drug-likeness (QED) is 0.506. The van der Waals surface area contributed by atoms with Crippen LogP contribution >= 0.6 is 0 Å². The van der Waals surface area contributed by atoms with E-state index in [9.17, 15) is 4.79 Å². The van der Waals surface area contributed by atoms with Gasteiger partial charge >= 0.3 is 0 Å². The summed E-state index contributed by atoms with van der Waals surface area (Å²) in [6.07, 6.45) is 2.08. The third-order valence-electron chi connectivity index (χ3n) is 2.95. The van der Waals surface area contributed by atoms with Crippen molar-refractivity contribution in [3.63, 3.8) is 0 Å². The zero-order chi connectivity index (χ0) is 13.3. The predicted octanol–water partition coefficient (Wildman–Crippen LogP) is 2.25. The maximum Gasteiger partial charge on any atom is 0.186 e. The van der Waals surface area contributed by atoms with Gasteiger partial charge in [-0.2, -0.15) is 0 Å². The first-order chi connectivity index (χ1) is 8.44. The molecule has 0 heterocycles. The topological polar surface area (TPSA) is 55.8 Å². The molecule has 4 nitrogen and oxygen atoms in total. The van der Waals surface area contributed by atoms with Crippen LogP contribution in [0.25, 0.3) is 0 Å². The van der Waals surface area contributed by atoms with E-state index < -0.39 is 11.9 Å². The number of ketones is 1. The predicted molar refractivity (Wildman–Crippen MR) is 65.9 cm³/mol. The second-order valence-corrected chi connectivity index (χ2v) is 4.58. The molecule has 0 saturated heterocycles. The SMILES string of the molecule is Cc1cccc2c1[C@@](C)(OO[C@@H](C)O)C=CC2=O. The first-order valence-corrected chi connectivity index (χ1v) is 5.80. The Bertz CT molecular complexity index is 505. The highest BCUT2D eigenvalue weighted by atomic mass is 17.2. The van der Waals surface area contributed by atoms with E-state index >= 15 is 0 Å². The number of allylic oxidation sites excluding steroid dienone is 1. The summed E-state index contributed by atoms with van der Waals surface area (Å²) in [5.74, 6) is -0.0492. The third kappa shape index (κ3) is 2.22. The summed E-state index contributed by atoms with van der Waals surface area (Å²) < 4.78 is 0. The lowest BCUT2D eigenvalue weighted by molar-refractivity contribution is -0.406. The summed E-state index contributed by atoms with van der Waals surface area (Å²) in [5, 5.41) is 9.13. The molecular formula is C14H16O4. The van der Waals surface area contributed by atoms with Gasteiger partial charge in [-0.05, 0) is 38.5 Å². The summed E-state index contributed by atoms with van der Waals surface area (Å²) in [4.78, 5) is 22.0. The van der Waals surface area contributed by atoms with Gasteiger partial charge in [0.1, 0.15) is 5.60 Å². The van der Waals surface area contributed by atoms with Crippen molar-refractivity contribution in [3.05, 3.63) is 47.0 Å². The molecule has 1 aliphatic carbocycles. The van der Waals surface area contributed by atoms with Crippen LogP contribution in [-0.4, -0.2) is 17.2 Å². The van der Waals surface area contributed by atoms with Crippen molar-refractivity contribution in [1.29, 1.82) is 0 Å². The molecule has 4 heteroatoms. The van der Waals surface area contributed by atoms with Crippen LogP contribution < -0.4 is 0 Å². The number of hydrogen-bond donors (Lipinski definition) is 1. The van der Waals surface area contributed by atoms with Crippen LogP contribution in [0.4, 0.5) is 0 Å². The fourth-order valence-electron chi connectivity index (χ4n) is 2.18. The van der Waals surface area contributed by atoms with Crippen LogP contribution in [0.3, 0.4) is 0 Å². The van der Waals surface area contributed by atoms with Crippen LogP contribution in [0.1, 0.15) is 35.3 Å². The van der Waals surface area contributed by atoms with Gasteiger partial charge in [-0.15, -0.1) is 0 Å². The second-order valence-electron chi connectivity index (χ2n) is 4.58. The van der Waals surface area contributed by atoms with Crippen molar-refractivity contribution in [3.8, 4) is 0 Å². The summed E-state index contributed by atoms with van der Waals surface area (Å²) in [7, 11) is 0. The largest absolute Gasteiger partial charge is 0.366 e. The van der Waals surface area contributed by atoms with Crippen LogP contribution in [0, 0.1) is 6.92 Å². The molecule has 0 spiro atoms. The number of rotatable bonds is 3. The van der Waals surface area contributed by atoms with Gasteiger partial charge in [0.05, 0.1) is 0 Å². The van der Waals surface area contributed by atoms with Gasteiger partial charge in [0, 0.05) is 11.1 Å². The second kappa shape index (κ2) is 4.65. The fraction of sp³-hybridized carbons (Fsp3) is 0.357. The number of hydrogen-bond acceptors (Lipinski definition) is 4.